The molecule has 0 spiro atoms. The van der Waals surface area contributed by atoms with Crippen molar-refractivity contribution < 1.29 is 28.7 Å². The maximum atomic E-state index is 13.2. The third-order valence-corrected chi connectivity index (χ3v) is 7.27. The highest BCUT2D eigenvalue weighted by Crippen LogP contribution is 2.60. The zero-order valence-electron chi connectivity index (χ0n) is 16.0. The summed E-state index contributed by atoms with van der Waals surface area (Å²) in [5.74, 6) is -3.11. The van der Waals surface area contributed by atoms with Gasteiger partial charge in [-0.3, -0.25) is 19.2 Å². The van der Waals surface area contributed by atoms with Crippen LogP contribution in [-0.2, 0) is 28.7 Å². The number of fused-ring (bicyclic) bond motifs is 5. The Balaban J connectivity index is 1.86. The van der Waals surface area contributed by atoms with E-state index in [2.05, 4.69) is 0 Å². The molecule has 0 aromatic rings. The van der Waals surface area contributed by atoms with Gasteiger partial charge in [0.25, 0.3) is 0 Å². The molecule has 4 rings (SSSR count). The largest absolute Gasteiger partial charge is 0.469 e. The van der Waals surface area contributed by atoms with E-state index < -0.39 is 29.1 Å². The summed E-state index contributed by atoms with van der Waals surface area (Å²) in [7, 11) is 1.31. The van der Waals surface area contributed by atoms with Crippen LogP contribution in [0.3, 0.4) is 0 Å². The molecule has 0 aromatic carbocycles. The Morgan fingerprint density at radius 2 is 1.93 bits per heavy atom. The molecule has 0 aromatic heterocycles. The van der Waals surface area contributed by atoms with Crippen molar-refractivity contribution in [1.29, 1.82) is 0 Å². The number of carbonyl (C=O) groups excluding carboxylic acids is 4. The summed E-state index contributed by atoms with van der Waals surface area (Å²) >= 11 is 0. The number of Topliss-reactive ketones (excluding diaryl/α,β-unsaturated/α-hetero) is 1. The van der Waals surface area contributed by atoms with E-state index in [0.29, 0.717) is 18.4 Å². The van der Waals surface area contributed by atoms with E-state index in [4.69, 9.17) is 9.47 Å². The van der Waals surface area contributed by atoms with Gasteiger partial charge in [-0.15, -0.1) is 0 Å². The Labute approximate surface area is 158 Å². The first-order valence-electron chi connectivity index (χ1n) is 9.47. The van der Waals surface area contributed by atoms with Crippen molar-refractivity contribution in [2.24, 2.45) is 35.0 Å². The van der Waals surface area contributed by atoms with Gasteiger partial charge in [-0.2, -0.15) is 0 Å². The van der Waals surface area contributed by atoms with E-state index in [1.807, 2.05) is 19.9 Å². The first-order chi connectivity index (χ1) is 12.7. The van der Waals surface area contributed by atoms with Gasteiger partial charge in [-0.25, -0.2) is 0 Å². The fourth-order valence-electron chi connectivity index (χ4n) is 5.97. The molecule has 0 bridgehead atoms. The fourth-order valence-corrected chi connectivity index (χ4v) is 5.97. The molecule has 1 aliphatic heterocycles. The third-order valence-electron chi connectivity index (χ3n) is 7.27. The van der Waals surface area contributed by atoms with Crippen LogP contribution < -0.4 is 0 Å². The van der Waals surface area contributed by atoms with Crippen molar-refractivity contribution in [3.63, 3.8) is 0 Å². The Kier molecular flexibility index (Phi) is 3.95. The first kappa shape index (κ1) is 18.1. The minimum absolute atomic E-state index is 0.0339. The Hall–Kier alpha value is -2.24. The van der Waals surface area contributed by atoms with Crippen molar-refractivity contribution in [2.75, 3.05) is 7.11 Å². The highest BCUT2D eigenvalue weighted by atomic mass is 16.6. The Morgan fingerprint density at radius 1 is 1.22 bits per heavy atom. The van der Waals surface area contributed by atoms with E-state index >= 15 is 0 Å². The molecule has 0 unspecified atom stereocenters. The van der Waals surface area contributed by atoms with Gasteiger partial charge >= 0.3 is 11.9 Å². The molecule has 3 aliphatic carbocycles. The summed E-state index contributed by atoms with van der Waals surface area (Å²) in [5.41, 5.74) is 0.555. The quantitative estimate of drug-likeness (QED) is 0.517. The second kappa shape index (κ2) is 5.88. The van der Waals surface area contributed by atoms with Gasteiger partial charge in [0.15, 0.2) is 11.6 Å². The van der Waals surface area contributed by atoms with E-state index in [1.165, 1.54) is 13.2 Å². The normalized spacial score (nSPS) is 43.0. The van der Waals surface area contributed by atoms with E-state index in [0.717, 1.165) is 5.57 Å². The topological polar surface area (TPSA) is 86.7 Å². The monoisotopic (exact) mass is 372 g/mol. The van der Waals surface area contributed by atoms with Crippen molar-refractivity contribution in [2.45, 2.75) is 39.7 Å². The van der Waals surface area contributed by atoms with Crippen LogP contribution in [0.25, 0.3) is 0 Å². The molecule has 1 saturated heterocycles. The summed E-state index contributed by atoms with van der Waals surface area (Å²) in [6.45, 7) is 5.35. The van der Waals surface area contributed by atoms with Crippen LogP contribution in [0.5, 0.6) is 0 Å². The van der Waals surface area contributed by atoms with Crippen molar-refractivity contribution in [3.8, 4) is 0 Å². The zero-order chi connectivity index (χ0) is 19.7. The lowest BCUT2D eigenvalue weighted by atomic mass is 9.48. The molecule has 144 valence electrons. The van der Waals surface area contributed by atoms with E-state index in [1.54, 1.807) is 6.92 Å². The van der Waals surface area contributed by atoms with Gasteiger partial charge in [-0.1, -0.05) is 18.6 Å². The molecule has 1 heterocycles. The standard InChI is InChI=1S/C21H24O6/c1-9-7-15(22)13-6-5-11-14(21(13,3)18(9)23)8-12(19(24)26-4)17-16(11)10(2)27-20(17)25/h5,7,10,12-14,16-17H,6,8H2,1-4H3/t10-,12-,13-,14-,16+,17-,21+/m0/s1. The number of ketones is 2. The number of esters is 2. The van der Waals surface area contributed by atoms with Crippen LogP contribution in [0.4, 0.5) is 0 Å². The molecule has 0 amide bonds. The average molecular weight is 372 g/mol. The maximum absolute atomic E-state index is 13.2. The minimum atomic E-state index is -0.900. The zero-order valence-corrected chi connectivity index (χ0v) is 16.0. The lowest BCUT2D eigenvalue weighted by Gasteiger charge is -2.52. The van der Waals surface area contributed by atoms with Crippen molar-refractivity contribution in [3.05, 3.63) is 23.3 Å². The molecule has 1 saturated carbocycles. The number of ether oxygens (including phenoxy) is 2. The summed E-state index contributed by atoms with van der Waals surface area (Å²) in [4.78, 5) is 50.8. The molecule has 7 atom stereocenters. The van der Waals surface area contributed by atoms with Gasteiger partial charge in [0.2, 0.25) is 0 Å². The second-order valence-electron chi connectivity index (χ2n) is 8.45. The van der Waals surface area contributed by atoms with Gasteiger partial charge in [0.1, 0.15) is 6.10 Å². The SMILES string of the molecule is COC(=O)[C@H]1C[C@H]2C(=CC[C@H]3C(=O)C=C(C)C(=O)[C@]32C)[C@@H]2[C@H]1C(=O)O[C@H]2C. The molecule has 6 nitrogen and oxygen atoms in total. The fraction of sp³-hybridized carbons (Fsp3) is 0.619. The molecule has 6 heteroatoms. The smallest absolute Gasteiger partial charge is 0.310 e. The lowest BCUT2D eigenvalue weighted by Crippen LogP contribution is -2.55. The molecule has 27 heavy (non-hydrogen) atoms. The summed E-state index contributed by atoms with van der Waals surface area (Å²) in [6.07, 6.45) is 3.89. The third kappa shape index (κ3) is 2.25. The van der Waals surface area contributed by atoms with E-state index in [9.17, 15) is 19.2 Å². The van der Waals surface area contributed by atoms with Gasteiger partial charge in [0.05, 0.1) is 18.9 Å². The van der Waals surface area contributed by atoms with Crippen LogP contribution in [0, 0.1) is 35.0 Å². The summed E-state index contributed by atoms with van der Waals surface area (Å²) < 4.78 is 10.4. The number of rotatable bonds is 1. The number of hydrogen-bond donors (Lipinski definition) is 0. The molecule has 4 aliphatic rings. The highest BCUT2D eigenvalue weighted by molar-refractivity contribution is 6.12. The van der Waals surface area contributed by atoms with Crippen LogP contribution >= 0.6 is 0 Å². The molecule has 0 N–H and O–H groups in total. The molecular formula is C21H24O6. The van der Waals surface area contributed by atoms with Gasteiger partial charge < -0.3 is 9.47 Å². The van der Waals surface area contributed by atoms with Crippen LogP contribution in [0.1, 0.15) is 33.6 Å². The Bertz CT molecular complexity index is 821. The van der Waals surface area contributed by atoms with Gasteiger partial charge in [-0.05, 0) is 44.3 Å². The van der Waals surface area contributed by atoms with Gasteiger partial charge in [0, 0.05) is 17.3 Å². The number of cyclic esters (lactones) is 1. The number of carbonyl (C=O) groups is 4. The first-order valence-corrected chi connectivity index (χ1v) is 9.47. The molecule has 2 fully saturated rings. The lowest BCUT2D eigenvalue weighted by molar-refractivity contribution is -0.158. The van der Waals surface area contributed by atoms with Crippen LogP contribution in [-0.4, -0.2) is 36.7 Å². The maximum Gasteiger partial charge on any atom is 0.310 e. The highest BCUT2D eigenvalue weighted by Gasteiger charge is 2.63. The van der Waals surface area contributed by atoms with E-state index in [-0.39, 0.29) is 35.5 Å². The summed E-state index contributed by atoms with van der Waals surface area (Å²) in [5, 5.41) is 0. The van der Waals surface area contributed by atoms with Crippen molar-refractivity contribution in [1.82, 2.24) is 0 Å². The number of methoxy groups -OCH3 is 1. The predicted molar refractivity (Wildman–Crippen MR) is 94.2 cm³/mol. The Morgan fingerprint density at radius 3 is 2.59 bits per heavy atom. The van der Waals surface area contributed by atoms with Crippen LogP contribution in [0.15, 0.2) is 23.3 Å². The van der Waals surface area contributed by atoms with Crippen molar-refractivity contribution >= 4 is 23.5 Å². The number of allylic oxidation sites excluding steroid dienone is 3. The second-order valence-corrected chi connectivity index (χ2v) is 8.45. The number of hydrogen-bond acceptors (Lipinski definition) is 6. The minimum Gasteiger partial charge on any atom is -0.469 e. The molecular weight excluding hydrogens is 348 g/mol. The molecule has 0 radical (unpaired) electrons. The summed E-state index contributed by atoms with van der Waals surface area (Å²) in [6, 6.07) is 0. The average Bonchev–Trinajstić information content (AvgIpc) is 2.93. The van der Waals surface area contributed by atoms with Crippen LogP contribution in [0.2, 0.25) is 0 Å². The predicted octanol–water partition coefficient (Wildman–Crippen LogP) is 2.02.